The molecular weight excluding hydrogens is 324 g/mol. The van der Waals surface area contributed by atoms with Crippen molar-refractivity contribution in [3.8, 4) is 0 Å². The van der Waals surface area contributed by atoms with E-state index in [2.05, 4.69) is 4.72 Å². The maximum atomic E-state index is 12.3. The zero-order valence-corrected chi connectivity index (χ0v) is 14.1. The first-order chi connectivity index (χ1) is 10.0. The lowest BCUT2D eigenvalue weighted by Gasteiger charge is -2.27. The first kappa shape index (κ1) is 17.5. The van der Waals surface area contributed by atoms with Crippen molar-refractivity contribution in [2.24, 2.45) is 0 Å². The summed E-state index contributed by atoms with van der Waals surface area (Å²) >= 11 is 0. The number of nitrogen functional groups attached to an aromatic ring is 1. The quantitative estimate of drug-likeness (QED) is 0.819. The van der Waals surface area contributed by atoms with E-state index < -0.39 is 10.0 Å². The molecule has 2 aliphatic rings. The predicted octanol–water partition coefficient (Wildman–Crippen LogP) is 2.17. The summed E-state index contributed by atoms with van der Waals surface area (Å²) in [6.45, 7) is 0.672. The van der Waals surface area contributed by atoms with Gasteiger partial charge in [0.15, 0.2) is 0 Å². The van der Waals surface area contributed by atoms with Gasteiger partial charge in [0.1, 0.15) is 0 Å². The molecule has 1 heterocycles. The van der Waals surface area contributed by atoms with Gasteiger partial charge in [0.2, 0.25) is 10.0 Å². The fourth-order valence-corrected chi connectivity index (χ4v) is 4.77. The number of rotatable bonds is 4. The molecule has 0 spiro atoms. The Kier molecular flexibility index (Phi) is 5.71. The molecule has 7 heteroatoms. The van der Waals surface area contributed by atoms with Gasteiger partial charge < -0.3 is 10.5 Å². The summed E-state index contributed by atoms with van der Waals surface area (Å²) in [5, 5.41) is 0. The molecular formula is C15H23ClN2O3S. The molecule has 1 aromatic rings. The van der Waals surface area contributed by atoms with Crippen LogP contribution >= 0.6 is 12.4 Å². The number of fused-ring (bicyclic) bond motifs is 1. The van der Waals surface area contributed by atoms with E-state index in [1.807, 2.05) is 18.2 Å². The lowest BCUT2D eigenvalue weighted by molar-refractivity contribution is 0.127. The molecule has 1 aromatic carbocycles. The Labute approximate surface area is 138 Å². The SMILES string of the molecule is Cl.Nc1ccc2c(c1)CCCC2NS(=O)(=O)CC1CCCO1. The van der Waals surface area contributed by atoms with E-state index in [-0.39, 0.29) is 30.3 Å². The Morgan fingerprint density at radius 2 is 2.09 bits per heavy atom. The number of halogens is 1. The van der Waals surface area contributed by atoms with Gasteiger partial charge in [-0.1, -0.05) is 6.07 Å². The van der Waals surface area contributed by atoms with E-state index in [0.717, 1.165) is 48.9 Å². The van der Waals surface area contributed by atoms with E-state index >= 15 is 0 Å². The number of hydrogen-bond donors (Lipinski definition) is 2. The highest BCUT2D eigenvalue weighted by molar-refractivity contribution is 7.89. The first-order valence-corrected chi connectivity index (χ1v) is 9.19. The summed E-state index contributed by atoms with van der Waals surface area (Å²) < 4.78 is 32.9. The number of nitrogens with two attached hydrogens (primary N) is 1. The van der Waals surface area contributed by atoms with Gasteiger partial charge in [0.25, 0.3) is 0 Å². The molecule has 22 heavy (non-hydrogen) atoms. The molecule has 2 atom stereocenters. The molecule has 2 unspecified atom stereocenters. The number of nitrogens with one attached hydrogen (secondary N) is 1. The van der Waals surface area contributed by atoms with Gasteiger partial charge >= 0.3 is 0 Å². The third kappa shape index (κ3) is 4.13. The van der Waals surface area contributed by atoms with Crippen molar-refractivity contribution in [3.63, 3.8) is 0 Å². The van der Waals surface area contributed by atoms with Crippen LogP contribution in [0.15, 0.2) is 18.2 Å². The second kappa shape index (κ2) is 7.17. The van der Waals surface area contributed by atoms with Gasteiger partial charge in [-0.15, -0.1) is 12.4 Å². The smallest absolute Gasteiger partial charge is 0.214 e. The van der Waals surface area contributed by atoms with Crippen LogP contribution in [-0.4, -0.2) is 26.9 Å². The molecule has 5 nitrogen and oxygen atoms in total. The standard InChI is InChI=1S/C15H22N2O3S.ClH/c16-12-6-7-14-11(9-12)3-1-5-15(14)17-21(18,19)10-13-4-2-8-20-13;/h6-7,9,13,15,17H,1-5,8,10,16H2;1H. The third-order valence-electron chi connectivity index (χ3n) is 4.23. The maximum absolute atomic E-state index is 12.3. The van der Waals surface area contributed by atoms with Crippen LogP contribution in [0.2, 0.25) is 0 Å². The minimum Gasteiger partial charge on any atom is -0.399 e. The summed E-state index contributed by atoms with van der Waals surface area (Å²) in [5.41, 5.74) is 8.76. The second-order valence-electron chi connectivity index (χ2n) is 5.94. The van der Waals surface area contributed by atoms with E-state index in [0.29, 0.717) is 6.61 Å². The van der Waals surface area contributed by atoms with Crippen molar-refractivity contribution in [2.45, 2.75) is 44.2 Å². The van der Waals surface area contributed by atoms with Gasteiger partial charge in [-0.25, -0.2) is 13.1 Å². The van der Waals surface area contributed by atoms with Gasteiger partial charge in [0, 0.05) is 18.3 Å². The van der Waals surface area contributed by atoms with E-state index in [9.17, 15) is 8.42 Å². The Hall–Kier alpha value is -0.820. The lowest BCUT2D eigenvalue weighted by Crippen LogP contribution is -2.36. The van der Waals surface area contributed by atoms with Crippen LogP contribution in [-0.2, 0) is 21.2 Å². The molecule has 124 valence electrons. The Morgan fingerprint density at radius 3 is 2.82 bits per heavy atom. The molecule has 1 fully saturated rings. The fourth-order valence-electron chi connectivity index (χ4n) is 3.24. The average molecular weight is 347 g/mol. The van der Waals surface area contributed by atoms with Crippen LogP contribution in [0, 0.1) is 0 Å². The monoisotopic (exact) mass is 346 g/mol. The number of hydrogen-bond acceptors (Lipinski definition) is 4. The molecule has 0 amide bonds. The maximum Gasteiger partial charge on any atom is 0.214 e. The van der Waals surface area contributed by atoms with E-state index in [4.69, 9.17) is 10.5 Å². The summed E-state index contributed by atoms with van der Waals surface area (Å²) in [7, 11) is -3.32. The molecule has 1 aliphatic heterocycles. The molecule has 3 N–H and O–H groups in total. The zero-order valence-electron chi connectivity index (χ0n) is 12.5. The van der Waals surface area contributed by atoms with Gasteiger partial charge in [0.05, 0.1) is 11.9 Å². The second-order valence-corrected chi connectivity index (χ2v) is 7.74. The molecule has 3 rings (SSSR count). The number of aryl methyl sites for hydroxylation is 1. The van der Waals surface area contributed by atoms with E-state index in [1.54, 1.807) is 0 Å². The molecule has 1 saturated heterocycles. The van der Waals surface area contributed by atoms with Crippen LogP contribution < -0.4 is 10.5 Å². The average Bonchev–Trinajstić information content (AvgIpc) is 2.90. The van der Waals surface area contributed by atoms with Gasteiger partial charge in [-0.3, -0.25) is 0 Å². The van der Waals surface area contributed by atoms with Crippen molar-refractivity contribution in [1.29, 1.82) is 0 Å². The molecule has 0 aromatic heterocycles. The van der Waals surface area contributed by atoms with Crippen LogP contribution in [0.1, 0.15) is 42.9 Å². The minimum atomic E-state index is -3.32. The lowest BCUT2D eigenvalue weighted by atomic mass is 9.88. The highest BCUT2D eigenvalue weighted by Crippen LogP contribution is 2.31. The summed E-state index contributed by atoms with van der Waals surface area (Å²) in [6, 6.07) is 5.60. The highest BCUT2D eigenvalue weighted by Gasteiger charge is 2.28. The van der Waals surface area contributed by atoms with Crippen LogP contribution in [0.5, 0.6) is 0 Å². The summed E-state index contributed by atoms with van der Waals surface area (Å²) in [4.78, 5) is 0. The summed E-state index contributed by atoms with van der Waals surface area (Å²) in [6.07, 6.45) is 4.40. The third-order valence-corrected chi connectivity index (χ3v) is 5.69. The van der Waals surface area contributed by atoms with Crippen LogP contribution in [0.3, 0.4) is 0 Å². The largest absolute Gasteiger partial charge is 0.399 e. The topological polar surface area (TPSA) is 81.4 Å². The van der Waals surface area contributed by atoms with Crippen LogP contribution in [0.25, 0.3) is 0 Å². The van der Waals surface area contributed by atoms with Gasteiger partial charge in [-0.05, 0) is 55.4 Å². The van der Waals surface area contributed by atoms with Gasteiger partial charge in [-0.2, -0.15) is 0 Å². The van der Waals surface area contributed by atoms with Crippen molar-refractivity contribution in [1.82, 2.24) is 4.72 Å². The molecule has 1 aliphatic carbocycles. The minimum absolute atomic E-state index is 0. The van der Waals surface area contributed by atoms with Crippen molar-refractivity contribution >= 4 is 28.1 Å². The highest BCUT2D eigenvalue weighted by atomic mass is 35.5. The Bertz CT molecular complexity index is 615. The normalized spacial score (nSPS) is 24.5. The van der Waals surface area contributed by atoms with Crippen molar-refractivity contribution < 1.29 is 13.2 Å². The van der Waals surface area contributed by atoms with E-state index in [1.165, 1.54) is 0 Å². The molecule has 0 radical (unpaired) electrons. The number of ether oxygens (including phenoxy) is 1. The zero-order chi connectivity index (χ0) is 14.9. The predicted molar refractivity (Wildman–Crippen MR) is 89.7 cm³/mol. The Balaban J connectivity index is 0.00000176. The number of benzene rings is 1. The Morgan fingerprint density at radius 1 is 1.27 bits per heavy atom. The first-order valence-electron chi connectivity index (χ1n) is 7.53. The number of sulfonamides is 1. The molecule has 0 bridgehead atoms. The number of anilines is 1. The van der Waals surface area contributed by atoms with Crippen molar-refractivity contribution in [3.05, 3.63) is 29.3 Å². The van der Waals surface area contributed by atoms with Crippen LogP contribution in [0.4, 0.5) is 5.69 Å². The summed E-state index contributed by atoms with van der Waals surface area (Å²) in [5.74, 6) is 0.0633. The van der Waals surface area contributed by atoms with Crippen molar-refractivity contribution in [2.75, 3.05) is 18.1 Å². The fraction of sp³-hybridized carbons (Fsp3) is 0.600. The molecule has 0 saturated carbocycles.